The summed E-state index contributed by atoms with van der Waals surface area (Å²) in [7, 11) is -2.67. The van der Waals surface area contributed by atoms with E-state index in [4.69, 9.17) is 13.3 Å². The van der Waals surface area contributed by atoms with Gasteiger partial charge in [-0.25, -0.2) is 4.79 Å². The fourth-order valence-electron chi connectivity index (χ4n) is 3.74. The molecule has 1 N–H and O–H groups in total. The van der Waals surface area contributed by atoms with E-state index in [9.17, 15) is 18.3 Å². The molecule has 0 aliphatic heterocycles. The van der Waals surface area contributed by atoms with Crippen molar-refractivity contribution >= 4 is 20.9 Å². The second-order valence-corrected chi connectivity index (χ2v) is 9.55. The van der Waals surface area contributed by atoms with Crippen LogP contribution in [-0.4, -0.2) is 26.7 Å². The van der Waals surface area contributed by atoms with E-state index in [2.05, 4.69) is 0 Å². The summed E-state index contributed by atoms with van der Waals surface area (Å²) in [5.74, 6) is 0.527. The van der Waals surface area contributed by atoms with Gasteiger partial charge in [0.05, 0.1) is 18.6 Å². The largest absolute Gasteiger partial charge is 0.493 e. The van der Waals surface area contributed by atoms with Crippen molar-refractivity contribution in [2.24, 2.45) is 0 Å². The van der Waals surface area contributed by atoms with Gasteiger partial charge in [0.15, 0.2) is 11.5 Å². The van der Waals surface area contributed by atoms with Crippen LogP contribution in [0.5, 0.6) is 11.5 Å². The van der Waals surface area contributed by atoms with E-state index in [0.717, 1.165) is 5.56 Å². The van der Waals surface area contributed by atoms with Crippen LogP contribution in [0.2, 0.25) is 0 Å². The van der Waals surface area contributed by atoms with E-state index >= 15 is 0 Å². The van der Waals surface area contributed by atoms with Gasteiger partial charge in [-0.2, -0.15) is 8.42 Å². The van der Waals surface area contributed by atoms with Crippen molar-refractivity contribution in [2.75, 3.05) is 7.11 Å². The lowest BCUT2D eigenvalue weighted by Gasteiger charge is -2.16. The van der Waals surface area contributed by atoms with Crippen molar-refractivity contribution < 1.29 is 26.9 Å². The minimum absolute atomic E-state index is 0.0191. The van der Waals surface area contributed by atoms with Gasteiger partial charge in [-0.15, -0.1) is 0 Å². The summed E-state index contributed by atoms with van der Waals surface area (Å²) in [5, 5.41) is 11.0. The van der Waals surface area contributed by atoms with Crippen LogP contribution in [0.15, 0.2) is 80.8 Å². The minimum Gasteiger partial charge on any atom is -0.493 e. The molecule has 0 bridgehead atoms. The molecule has 0 radical (unpaired) electrons. The van der Waals surface area contributed by atoms with E-state index < -0.39 is 21.8 Å². The molecule has 1 atom stereocenters. The first-order valence-electron chi connectivity index (χ1n) is 10.6. The Morgan fingerprint density at radius 3 is 2.29 bits per heavy atom. The second-order valence-electron chi connectivity index (χ2n) is 8.00. The van der Waals surface area contributed by atoms with Gasteiger partial charge in [0.1, 0.15) is 10.7 Å². The molecule has 34 heavy (non-hydrogen) atoms. The van der Waals surface area contributed by atoms with E-state index in [0.29, 0.717) is 27.7 Å². The zero-order valence-electron chi connectivity index (χ0n) is 18.9. The lowest BCUT2D eigenvalue weighted by molar-refractivity contribution is 0.186. The van der Waals surface area contributed by atoms with Crippen molar-refractivity contribution in [1.82, 2.24) is 0 Å². The quantitative estimate of drug-likeness (QED) is 0.389. The standard InChI is InChI=1S/C26H24O7S/c1-16-8-11-19(12-9-16)34(29,30)33-22-13-10-18(15-23(22)31-3)25-20-6-4-5-7-21(20)26(28)32-24(25)14-17(2)27/h4-13,15,17,27H,14H2,1-3H3. The first-order valence-corrected chi connectivity index (χ1v) is 12.0. The zero-order valence-corrected chi connectivity index (χ0v) is 19.8. The smallest absolute Gasteiger partial charge is 0.343 e. The first kappa shape index (κ1) is 23.5. The summed E-state index contributed by atoms with van der Waals surface area (Å²) in [6.07, 6.45) is -0.621. The van der Waals surface area contributed by atoms with Gasteiger partial charge in [-0.1, -0.05) is 42.0 Å². The number of hydrogen-bond acceptors (Lipinski definition) is 7. The van der Waals surface area contributed by atoms with Crippen LogP contribution in [0.4, 0.5) is 0 Å². The predicted molar refractivity (Wildman–Crippen MR) is 129 cm³/mol. The third-order valence-electron chi connectivity index (χ3n) is 5.35. The number of rotatable bonds is 7. The third-order valence-corrected chi connectivity index (χ3v) is 6.60. The molecule has 1 heterocycles. The fourth-order valence-corrected chi connectivity index (χ4v) is 4.68. The summed E-state index contributed by atoms with van der Waals surface area (Å²) in [5.41, 5.74) is 1.66. The van der Waals surface area contributed by atoms with E-state index in [-0.39, 0.29) is 22.8 Å². The van der Waals surface area contributed by atoms with Crippen LogP contribution in [0.1, 0.15) is 18.2 Å². The molecule has 7 nitrogen and oxygen atoms in total. The molecule has 0 aliphatic carbocycles. The SMILES string of the molecule is COc1cc(-c2c(CC(C)O)oc(=O)c3ccccc23)ccc1OS(=O)(=O)c1ccc(C)cc1. The normalized spacial score (nSPS) is 12.5. The maximum atomic E-state index is 12.8. The Morgan fingerprint density at radius 1 is 0.971 bits per heavy atom. The Balaban J connectivity index is 1.83. The van der Waals surface area contributed by atoms with Crippen molar-refractivity contribution in [3.05, 3.63) is 88.5 Å². The maximum absolute atomic E-state index is 12.8. The van der Waals surface area contributed by atoms with E-state index in [1.165, 1.54) is 25.3 Å². The molecule has 8 heteroatoms. The Morgan fingerprint density at radius 2 is 1.65 bits per heavy atom. The average molecular weight is 481 g/mol. The molecule has 0 saturated heterocycles. The third kappa shape index (κ3) is 4.69. The molecule has 1 aromatic heterocycles. The summed E-state index contributed by atoms with van der Waals surface area (Å²) >= 11 is 0. The second kappa shape index (κ2) is 9.32. The summed E-state index contributed by atoms with van der Waals surface area (Å²) < 4.78 is 41.9. The number of aryl methyl sites for hydroxylation is 1. The molecule has 176 valence electrons. The monoisotopic (exact) mass is 480 g/mol. The number of ether oxygens (including phenoxy) is 1. The van der Waals surface area contributed by atoms with Crippen molar-refractivity contribution in [3.63, 3.8) is 0 Å². The highest BCUT2D eigenvalue weighted by atomic mass is 32.2. The molecular weight excluding hydrogens is 456 g/mol. The number of aliphatic hydroxyl groups is 1. The Bertz CT molecular complexity index is 1500. The van der Waals surface area contributed by atoms with Gasteiger partial charge in [-0.3, -0.25) is 0 Å². The van der Waals surface area contributed by atoms with Crippen LogP contribution in [0.25, 0.3) is 21.9 Å². The number of methoxy groups -OCH3 is 1. The Kier molecular flexibility index (Phi) is 6.45. The van der Waals surface area contributed by atoms with Crippen LogP contribution >= 0.6 is 0 Å². The summed E-state index contributed by atoms with van der Waals surface area (Å²) in [4.78, 5) is 12.5. The highest BCUT2D eigenvalue weighted by Crippen LogP contribution is 2.38. The van der Waals surface area contributed by atoms with E-state index in [1.807, 2.05) is 6.92 Å². The summed E-state index contributed by atoms with van der Waals surface area (Å²) in [6.45, 7) is 3.46. The summed E-state index contributed by atoms with van der Waals surface area (Å²) in [6, 6.07) is 18.1. The Hall–Kier alpha value is -3.62. The van der Waals surface area contributed by atoms with Gasteiger partial charge < -0.3 is 18.4 Å². The van der Waals surface area contributed by atoms with Gasteiger partial charge in [0.2, 0.25) is 0 Å². The van der Waals surface area contributed by atoms with Crippen LogP contribution in [0.3, 0.4) is 0 Å². The van der Waals surface area contributed by atoms with Crippen LogP contribution < -0.4 is 14.5 Å². The fraction of sp³-hybridized carbons (Fsp3) is 0.192. The Labute approximate surface area is 197 Å². The molecule has 4 aromatic rings. The molecule has 0 amide bonds. The van der Waals surface area contributed by atoms with Crippen molar-refractivity contribution in [3.8, 4) is 22.6 Å². The molecule has 0 saturated carbocycles. The number of benzene rings is 3. The molecule has 1 unspecified atom stereocenters. The molecule has 0 aliphatic rings. The zero-order chi connectivity index (χ0) is 24.5. The molecule has 0 fully saturated rings. The molecule has 0 spiro atoms. The highest BCUT2D eigenvalue weighted by Gasteiger charge is 2.22. The topological polar surface area (TPSA) is 103 Å². The molecular formula is C26H24O7S. The minimum atomic E-state index is -4.08. The van der Waals surface area contributed by atoms with E-state index in [1.54, 1.807) is 55.5 Å². The predicted octanol–water partition coefficient (Wildman–Crippen LogP) is 4.47. The van der Waals surface area contributed by atoms with Gasteiger partial charge in [0.25, 0.3) is 0 Å². The van der Waals surface area contributed by atoms with Crippen LogP contribution in [0, 0.1) is 6.92 Å². The van der Waals surface area contributed by atoms with Gasteiger partial charge >= 0.3 is 15.7 Å². The maximum Gasteiger partial charge on any atom is 0.343 e. The number of fused-ring (bicyclic) bond motifs is 1. The highest BCUT2D eigenvalue weighted by molar-refractivity contribution is 7.87. The lowest BCUT2D eigenvalue weighted by atomic mass is 9.96. The van der Waals surface area contributed by atoms with Crippen molar-refractivity contribution in [2.45, 2.75) is 31.3 Å². The average Bonchev–Trinajstić information content (AvgIpc) is 2.79. The van der Waals surface area contributed by atoms with Crippen LogP contribution in [-0.2, 0) is 16.5 Å². The number of hydrogen-bond donors (Lipinski definition) is 1. The van der Waals surface area contributed by atoms with Gasteiger partial charge in [-0.05, 0) is 49.7 Å². The lowest BCUT2D eigenvalue weighted by Crippen LogP contribution is -2.11. The van der Waals surface area contributed by atoms with Crippen molar-refractivity contribution in [1.29, 1.82) is 0 Å². The molecule has 3 aromatic carbocycles. The first-order chi connectivity index (χ1) is 16.2. The molecule has 4 rings (SSSR count). The number of aliphatic hydroxyl groups excluding tert-OH is 1. The van der Waals surface area contributed by atoms with Gasteiger partial charge in [0, 0.05) is 17.4 Å².